The smallest absolute Gasteiger partial charge is 0.248 e. The van der Waals surface area contributed by atoms with Crippen LogP contribution in [0.4, 0.5) is 0 Å². The fourth-order valence-corrected chi connectivity index (χ4v) is 3.40. The third kappa shape index (κ3) is 3.09. The molecule has 0 aliphatic carbocycles. The Hall–Kier alpha value is -2.12. The molecule has 7 heteroatoms. The number of ether oxygens (including phenoxy) is 1. The van der Waals surface area contributed by atoms with E-state index >= 15 is 0 Å². The van der Waals surface area contributed by atoms with Crippen LogP contribution >= 0.6 is 0 Å². The molecule has 7 nitrogen and oxygen atoms in total. The van der Waals surface area contributed by atoms with E-state index in [4.69, 9.17) is 4.74 Å². The normalized spacial score (nSPS) is 27.6. The minimum atomic E-state index is -0.900. The Balaban J connectivity index is 1.64. The van der Waals surface area contributed by atoms with Crippen molar-refractivity contribution in [2.24, 2.45) is 0 Å². The number of methoxy groups -OCH3 is 1. The zero-order valence-electron chi connectivity index (χ0n) is 13.9. The van der Waals surface area contributed by atoms with Gasteiger partial charge in [0.15, 0.2) is 0 Å². The number of carbonyl (C=O) groups excluding carboxylic acids is 2. The predicted octanol–water partition coefficient (Wildman–Crippen LogP) is -0.366. The van der Waals surface area contributed by atoms with Crippen molar-refractivity contribution in [3.63, 3.8) is 0 Å². The van der Waals surface area contributed by atoms with E-state index in [1.807, 2.05) is 24.3 Å². The minimum Gasteiger partial charge on any atom is -0.496 e. The van der Waals surface area contributed by atoms with Crippen LogP contribution in [0.1, 0.15) is 18.9 Å². The van der Waals surface area contributed by atoms with Crippen molar-refractivity contribution in [3.8, 4) is 5.75 Å². The van der Waals surface area contributed by atoms with E-state index < -0.39 is 18.2 Å². The summed E-state index contributed by atoms with van der Waals surface area (Å²) in [5.41, 5.74) is 1.03. The summed E-state index contributed by atoms with van der Waals surface area (Å²) in [7, 11) is 1.63. The van der Waals surface area contributed by atoms with Gasteiger partial charge >= 0.3 is 0 Å². The highest BCUT2D eigenvalue weighted by Gasteiger charge is 2.47. The monoisotopic (exact) mass is 333 g/mol. The average Bonchev–Trinajstić information content (AvgIpc) is 3.01. The van der Waals surface area contributed by atoms with Gasteiger partial charge in [-0.1, -0.05) is 18.2 Å². The summed E-state index contributed by atoms with van der Waals surface area (Å²) in [6.07, 6.45) is -0.331. The molecule has 3 rings (SSSR count). The van der Waals surface area contributed by atoms with Gasteiger partial charge in [0.25, 0.3) is 0 Å². The number of hydrogen-bond donors (Lipinski definition) is 3. The summed E-state index contributed by atoms with van der Waals surface area (Å²) in [5.74, 6) is 0.405. The van der Waals surface area contributed by atoms with Crippen LogP contribution in [0.5, 0.6) is 5.75 Å². The molecule has 2 amide bonds. The summed E-state index contributed by atoms with van der Waals surface area (Å²) >= 11 is 0. The topological polar surface area (TPSA) is 90.9 Å². The maximum Gasteiger partial charge on any atom is 0.248 e. The molecule has 2 aliphatic heterocycles. The lowest BCUT2D eigenvalue weighted by Crippen LogP contribution is -2.64. The summed E-state index contributed by atoms with van der Waals surface area (Å²) in [4.78, 5) is 26.2. The quantitative estimate of drug-likeness (QED) is 0.684. The van der Waals surface area contributed by atoms with Crippen LogP contribution in [-0.2, 0) is 16.1 Å². The van der Waals surface area contributed by atoms with Crippen molar-refractivity contribution in [1.82, 2.24) is 15.5 Å². The van der Waals surface area contributed by atoms with Gasteiger partial charge in [-0.3, -0.25) is 9.59 Å². The molecule has 0 unspecified atom stereocenters. The first-order valence-electron chi connectivity index (χ1n) is 8.15. The second-order valence-electron chi connectivity index (χ2n) is 6.36. The van der Waals surface area contributed by atoms with Crippen LogP contribution in [0.2, 0.25) is 0 Å². The summed E-state index contributed by atoms with van der Waals surface area (Å²) < 4.78 is 5.33. The standard InChI is InChI=1S/C17H23N3O4/c1-10(21)15-17(23)20-9-12(7-13(20)16(22)19-15)18-8-11-5-3-4-6-14(11)24-2/h3-6,10,12-13,15,18,21H,7-9H2,1-2H3,(H,19,22)/t10-,12+,13+,15+/m1/s1. The number of nitrogens with zero attached hydrogens (tertiary/aromatic N) is 1. The lowest BCUT2D eigenvalue weighted by molar-refractivity contribution is -0.149. The molecule has 1 aromatic carbocycles. The van der Waals surface area contributed by atoms with Crippen molar-refractivity contribution in [2.75, 3.05) is 13.7 Å². The lowest BCUT2D eigenvalue weighted by Gasteiger charge is -2.35. The van der Waals surface area contributed by atoms with E-state index in [1.165, 1.54) is 6.92 Å². The first-order chi connectivity index (χ1) is 11.5. The van der Waals surface area contributed by atoms with E-state index in [-0.39, 0.29) is 17.9 Å². The largest absolute Gasteiger partial charge is 0.496 e. The number of rotatable bonds is 5. The number of nitrogens with one attached hydrogen (secondary N) is 2. The Morgan fingerprint density at radius 2 is 2.17 bits per heavy atom. The van der Waals surface area contributed by atoms with Gasteiger partial charge in [0.05, 0.1) is 13.2 Å². The predicted molar refractivity (Wildman–Crippen MR) is 87.4 cm³/mol. The molecule has 0 bridgehead atoms. The van der Waals surface area contributed by atoms with Crippen molar-refractivity contribution >= 4 is 11.8 Å². The highest BCUT2D eigenvalue weighted by Crippen LogP contribution is 2.24. The Morgan fingerprint density at radius 1 is 1.42 bits per heavy atom. The maximum absolute atomic E-state index is 12.4. The van der Waals surface area contributed by atoms with E-state index in [1.54, 1.807) is 12.0 Å². The van der Waals surface area contributed by atoms with Crippen LogP contribution < -0.4 is 15.4 Å². The van der Waals surface area contributed by atoms with Gasteiger partial charge in [-0.2, -0.15) is 0 Å². The van der Waals surface area contributed by atoms with Gasteiger partial charge in [0, 0.05) is 24.7 Å². The van der Waals surface area contributed by atoms with Crippen LogP contribution in [-0.4, -0.2) is 59.7 Å². The molecule has 3 N–H and O–H groups in total. The first-order valence-corrected chi connectivity index (χ1v) is 8.15. The molecule has 2 aliphatic rings. The van der Waals surface area contributed by atoms with Crippen molar-refractivity contribution < 1.29 is 19.4 Å². The highest BCUT2D eigenvalue weighted by atomic mass is 16.5. The SMILES string of the molecule is COc1ccccc1CN[C@H]1C[C@H]2C(=O)N[C@@H]([C@@H](C)O)C(=O)N2C1. The Kier molecular flexibility index (Phi) is 4.73. The van der Waals surface area contributed by atoms with Gasteiger partial charge in [0.1, 0.15) is 17.8 Å². The van der Waals surface area contributed by atoms with E-state index in [9.17, 15) is 14.7 Å². The third-order valence-corrected chi connectivity index (χ3v) is 4.71. The van der Waals surface area contributed by atoms with Gasteiger partial charge in [-0.05, 0) is 19.4 Å². The number of para-hydroxylation sites is 1. The number of benzene rings is 1. The van der Waals surface area contributed by atoms with Gasteiger partial charge in [-0.15, -0.1) is 0 Å². The molecule has 2 heterocycles. The first kappa shape index (κ1) is 16.7. The average molecular weight is 333 g/mol. The molecule has 2 fully saturated rings. The number of aliphatic hydroxyl groups excluding tert-OH is 1. The molecule has 0 spiro atoms. The molecular formula is C17H23N3O4. The zero-order chi connectivity index (χ0) is 17.3. The summed E-state index contributed by atoms with van der Waals surface area (Å²) in [6.45, 7) is 2.58. The minimum absolute atomic E-state index is 0.0300. The third-order valence-electron chi connectivity index (χ3n) is 4.71. The van der Waals surface area contributed by atoms with Crippen LogP contribution in [0, 0.1) is 0 Å². The molecular weight excluding hydrogens is 310 g/mol. The second kappa shape index (κ2) is 6.78. The number of amides is 2. The molecule has 1 aromatic rings. The van der Waals surface area contributed by atoms with Gasteiger partial charge in [0.2, 0.25) is 11.8 Å². The Bertz CT molecular complexity index is 634. The Morgan fingerprint density at radius 3 is 2.88 bits per heavy atom. The molecule has 2 saturated heterocycles. The summed E-state index contributed by atoms with van der Waals surface area (Å²) in [5, 5.41) is 15.7. The molecule has 4 atom stereocenters. The lowest BCUT2D eigenvalue weighted by atomic mass is 10.0. The fourth-order valence-electron chi connectivity index (χ4n) is 3.40. The Labute approximate surface area is 141 Å². The maximum atomic E-state index is 12.4. The number of carbonyl (C=O) groups is 2. The van der Waals surface area contributed by atoms with Crippen LogP contribution in [0.25, 0.3) is 0 Å². The second-order valence-corrected chi connectivity index (χ2v) is 6.36. The van der Waals surface area contributed by atoms with Crippen molar-refractivity contribution in [3.05, 3.63) is 29.8 Å². The zero-order valence-corrected chi connectivity index (χ0v) is 13.9. The van der Waals surface area contributed by atoms with E-state index in [2.05, 4.69) is 10.6 Å². The number of hydrogen-bond acceptors (Lipinski definition) is 5. The molecule has 0 aromatic heterocycles. The van der Waals surface area contributed by atoms with Gasteiger partial charge < -0.3 is 25.4 Å². The number of aliphatic hydroxyl groups is 1. The molecule has 0 saturated carbocycles. The van der Waals surface area contributed by atoms with Gasteiger partial charge in [-0.25, -0.2) is 0 Å². The number of fused-ring (bicyclic) bond motifs is 1. The molecule has 130 valence electrons. The van der Waals surface area contributed by atoms with E-state index in [0.29, 0.717) is 19.5 Å². The summed E-state index contributed by atoms with van der Waals surface area (Å²) in [6, 6.07) is 6.47. The highest BCUT2D eigenvalue weighted by molar-refractivity contribution is 5.97. The van der Waals surface area contributed by atoms with Crippen LogP contribution in [0.15, 0.2) is 24.3 Å². The molecule has 0 radical (unpaired) electrons. The van der Waals surface area contributed by atoms with Crippen molar-refractivity contribution in [2.45, 2.75) is 44.1 Å². The van der Waals surface area contributed by atoms with Crippen molar-refractivity contribution in [1.29, 1.82) is 0 Å². The molecule has 24 heavy (non-hydrogen) atoms. The fraction of sp³-hybridized carbons (Fsp3) is 0.529. The number of piperazine rings is 1. The van der Waals surface area contributed by atoms with Crippen LogP contribution in [0.3, 0.4) is 0 Å². The van der Waals surface area contributed by atoms with E-state index in [0.717, 1.165) is 11.3 Å².